The Labute approximate surface area is 152 Å². The molecular formula is C18H21FN2O4S. The maximum Gasteiger partial charge on any atom is 0.243 e. The highest BCUT2D eigenvalue weighted by Crippen LogP contribution is 2.29. The van der Waals surface area contributed by atoms with E-state index in [1.165, 1.54) is 16.4 Å². The van der Waals surface area contributed by atoms with Crippen LogP contribution in [0.1, 0.15) is 11.5 Å². The molecule has 4 rings (SSSR count). The molecule has 0 saturated carbocycles. The molecular weight excluding hydrogens is 359 g/mol. The standard InChI is InChI=1S/C18H21FN2O4S/c1-13-2-5-15(25-13)10-20-8-9-24-18-12-21(11-17(18)20)26(22,23)16-6-3-14(19)4-7-16/h2-7,17-18H,8-12H2,1H3/t17-,18+/m0/s1. The number of furan rings is 1. The summed E-state index contributed by atoms with van der Waals surface area (Å²) in [6.45, 7) is 4.47. The molecule has 8 heteroatoms. The van der Waals surface area contributed by atoms with Crippen molar-refractivity contribution in [2.24, 2.45) is 0 Å². The summed E-state index contributed by atoms with van der Waals surface area (Å²) in [6, 6.07) is 8.78. The van der Waals surface area contributed by atoms with E-state index in [9.17, 15) is 12.8 Å². The van der Waals surface area contributed by atoms with E-state index in [1.807, 2.05) is 19.1 Å². The Balaban J connectivity index is 1.52. The van der Waals surface area contributed by atoms with Gasteiger partial charge in [-0.3, -0.25) is 4.90 Å². The Morgan fingerprint density at radius 3 is 2.62 bits per heavy atom. The topological polar surface area (TPSA) is 63.0 Å². The zero-order valence-corrected chi connectivity index (χ0v) is 15.3. The van der Waals surface area contributed by atoms with E-state index in [2.05, 4.69) is 4.90 Å². The molecule has 1 aromatic carbocycles. The molecule has 0 radical (unpaired) electrons. The van der Waals surface area contributed by atoms with Crippen molar-refractivity contribution in [2.75, 3.05) is 26.2 Å². The van der Waals surface area contributed by atoms with Gasteiger partial charge in [0.25, 0.3) is 0 Å². The highest BCUT2D eigenvalue weighted by Gasteiger charge is 2.44. The van der Waals surface area contributed by atoms with Gasteiger partial charge in [0.05, 0.1) is 30.2 Å². The molecule has 0 aliphatic carbocycles. The SMILES string of the molecule is Cc1ccc(CN2CCO[C@@H]3CN(S(=O)(=O)c4ccc(F)cc4)C[C@@H]32)o1. The van der Waals surface area contributed by atoms with Gasteiger partial charge in [0.1, 0.15) is 17.3 Å². The summed E-state index contributed by atoms with van der Waals surface area (Å²) in [5, 5.41) is 0. The molecule has 2 aliphatic heterocycles. The number of rotatable bonds is 4. The maximum absolute atomic E-state index is 13.1. The highest BCUT2D eigenvalue weighted by atomic mass is 32.2. The van der Waals surface area contributed by atoms with Crippen LogP contribution < -0.4 is 0 Å². The molecule has 6 nitrogen and oxygen atoms in total. The summed E-state index contributed by atoms with van der Waals surface area (Å²) in [5.74, 6) is 1.27. The molecule has 2 aromatic rings. The van der Waals surface area contributed by atoms with Crippen molar-refractivity contribution in [3.8, 4) is 0 Å². The number of fused-ring (bicyclic) bond motifs is 1. The fraction of sp³-hybridized carbons (Fsp3) is 0.444. The molecule has 2 aliphatic rings. The number of nitrogens with zero attached hydrogens (tertiary/aromatic N) is 2. The Bertz CT molecular complexity index is 881. The van der Waals surface area contributed by atoms with Gasteiger partial charge < -0.3 is 9.15 Å². The highest BCUT2D eigenvalue weighted by molar-refractivity contribution is 7.89. The van der Waals surface area contributed by atoms with E-state index in [1.54, 1.807) is 0 Å². The van der Waals surface area contributed by atoms with Crippen molar-refractivity contribution < 1.29 is 22.0 Å². The van der Waals surface area contributed by atoms with Crippen LogP contribution in [0.5, 0.6) is 0 Å². The van der Waals surface area contributed by atoms with Crippen LogP contribution in [0.2, 0.25) is 0 Å². The van der Waals surface area contributed by atoms with Crippen LogP contribution in [0.25, 0.3) is 0 Å². The molecule has 0 N–H and O–H groups in total. The van der Waals surface area contributed by atoms with Crippen molar-refractivity contribution in [1.29, 1.82) is 0 Å². The molecule has 0 bridgehead atoms. The summed E-state index contributed by atoms with van der Waals surface area (Å²) in [6.07, 6.45) is -0.171. The molecule has 2 fully saturated rings. The number of benzene rings is 1. The van der Waals surface area contributed by atoms with Crippen LogP contribution in [-0.2, 0) is 21.3 Å². The van der Waals surface area contributed by atoms with Gasteiger partial charge >= 0.3 is 0 Å². The van der Waals surface area contributed by atoms with Gasteiger partial charge in [-0.2, -0.15) is 4.31 Å². The minimum Gasteiger partial charge on any atom is -0.465 e. The van der Waals surface area contributed by atoms with E-state index in [-0.39, 0.29) is 17.0 Å². The summed E-state index contributed by atoms with van der Waals surface area (Å²) >= 11 is 0. The lowest BCUT2D eigenvalue weighted by Gasteiger charge is -2.36. The van der Waals surface area contributed by atoms with Crippen LogP contribution in [0, 0.1) is 12.7 Å². The van der Waals surface area contributed by atoms with Gasteiger partial charge in [0.2, 0.25) is 10.0 Å². The van der Waals surface area contributed by atoms with E-state index >= 15 is 0 Å². The summed E-state index contributed by atoms with van der Waals surface area (Å²) < 4.78 is 51.8. The summed E-state index contributed by atoms with van der Waals surface area (Å²) in [5.41, 5.74) is 0. The van der Waals surface area contributed by atoms with Crippen LogP contribution in [-0.4, -0.2) is 56.0 Å². The van der Waals surface area contributed by atoms with Gasteiger partial charge in [0, 0.05) is 19.6 Å². The monoisotopic (exact) mass is 380 g/mol. The largest absolute Gasteiger partial charge is 0.465 e. The number of hydrogen-bond acceptors (Lipinski definition) is 5. The number of morpholine rings is 1. The minimum absolute atomic E-state index is 0.0237. The quantitative estimate of drug-likeness (QED) is 0.812. The van der Waals surface area contributed by atoms with E-state index < -0.39 is 15.8 Å². The molecule has 2 atom stereocenters. The second kappa shape index (κ2) is 6.77. The predicted molar refractivity (Wildman–Crippen MR) is 92.5 cm³/mol. The van der Waals surface area contributed by atoms with Crippen LogP contribution in [0.15, 0.2) is 45.7 Å². The van der Waals surface area contributed by atoms with Crippen molar-refractivity contribution in [1.82, 2.24) is 9.21 Å². The zero-order chi connectivity index (χ0) is 18.3. The molecule has 2 saturated heterocycles. The Morgan fingerprint density at radius 2 is 1.92 bits per heavy atom. The molecule has 140 valence electrons. The van der Waals surface area contributed by atoms with Gasteiger partial charge in [-0.05, 0) is 43.3 Å². The third kappa shape index (κ3) is 3.29. The number of ether oxygens (including phenoxy) is 1. The molecule has 0 spiro atoms. The lowest BCUT2D eigenvalue weighted by Crippen LogP contribution is -2.50. The average molecular weight is 380 g/mol. The fourth-order valence-corrected chi connectivity index (χ4v) is 5.11. The smallest absolute Gasteiger partial charge is 0.243 e. The average Bonchev–Trinajstić information content (AvgIpc) is 3.22. The third-order valence-corrected chi connectivity index (χ3v) is 6.84. The van der Waals surface area contributed by atoms with Crippen molar-refractivity contribution in [3.63, 3.8) is 0 Å². The normalized spacial score (nSPS) is 24.7. The third-order valence-electron chi connectivity index (χ3n) is 4.99. The molecule has 0 amide bonds. The van der Waals surface area contributed by atoms with E-state index in [0.29, 0.717) is 26.2 Å². The first-order valence-electron chi connectivity index (χ1n) is 8.60. The van der Waals surface area contributed by atoms with Gasteiger partial charge in [-0.1, -0.05) is 0 Å². The Morgan fingerprint density at radius 1 is 1.15 bits per heavy atom. The van der Waals surface area contributed by atoms with Gasteiger partial charge in [-0.15, -0.1) is 0 Å². The molecule has 3 heterocycles. The van der Waals surface area contributed by atoms with Crippen molar-refractivity contribution in [3.05, 3.63) is 53.7 Å². The van der Waals surface area contributed by atoms with Crippen molar-refractivity contribution in [2.45, 2.75) is 30.5 Å². The molecule has 1 aromatic heterocycles. The van der Waals surface area contributed by atoms with Crippen LogP contribution in [0.4, 0.5) is 4.39 Å². The van der Waals surface area contributed by atoms with E-state index in [0.717, 1.165) is 30.2 Å². The van der Waals surface area contributed by atoms with Gasteiger partial charge in [-0.25, -0.2) is 12.8 Å². The lowest BCUT2D eigenvalue weighted by atomic mass is 10.1. The van der Waals surface area contributed by atoms with Crippen LogP contribution >= 0.6 is 0 Å². The first-order valence-corrected chi connectivity index (χ1v) is 10.0. The second-order valence-corrected chi connectivity index (χ2v) is 8.67. The van der Waals surface area contributed by atoms with Crippen molar-refractivity contribution >= 4 is 10.0 Å². The number of hydrogen-bond donors (Lipinski definition) is 0. The first kappa shape index (κ1) is 17.7. The minimum atomic E-state index is -3.67. The number of sulfonamides is 1. The molecule has 26 heavy (non-hydrogen) atoms. The number of halogens is 1. The maximum atomic E-state index is 13.1. The van der Waals surface area contributed by atoms with E-state index in [4.69, 9.17) is 9.15 Å². The zero-order valence-electron chi connectivity index (χ0n) is 14.5. The first-order chi connectivity index (χ1) is 12.4. The molecule has 0 unspecified atom stereocenters. The summed E-state index contributed by atoms with van der Waals surface area (Å²) in [7, 11) is -3.67. The summed E-state index contributed by atoms with van der Waals surface area (Å²) in [4.78, 5) is 2.32. The fourth-order valence-electron chi connectivity index (χ4n) is 3.64. The number of aryl methyl sites for hydroxylation is 1. The Hall–Kier alpha value is -1.74. The van der Waals surface area contributed by atoms with Crippen LogP contribution in [0.3, 0.4) is 0 Å². The lowest BCUT2D eigenvalue weighted by molar-refractivity contribution is -0.0521. The Kier molecular flexibility index (Phi) is 4.60. The van der Waals surface area contributed by atoms with Gasteiger partial charge in [0.15, 0.2) is 0 Å². The predicted octanol–water partition coefficient (Wildman–Crippen LogP) is 2.00. The second-order valence-electron chi connectivity index (χ2n) is 6.74.